The monoisotopic (exact) mass is 386 g/mol. The van der Waals surface area contributed by atoms with Crippen molar-refractivity contribution in [1.29, 1.82) is 0 Å². The van der Waals surface area contributed by atoms with Crippen molar-refractivity contribution >= 4 is 19.0 Å². The van der Waals surface area contributed by atoms with Crippen LogP contribution in [0.1, 0.15) is 23.4 Å². The highest BCUT2D eigenvalue weighted by molar-refractivity contribution is 7.58. The van der Waals surface area contributed by atoms with Gasteiger partial charge in [-0.1, -0.05) is 0 Å². The molecule has 0 saturated carbocycles. The second kappa shape index (κ2) is 7.48. The van der Waals surface area contributed by atoms with Crippen LogP contribution >= 0.6 is 7.37 Å². The van der Waals surface area contributed by atoms with Crippen molar-refractivity contribution in [1.82, 2.24) is 0 Å². The number of carbonyl (C=O) groups is 1. The smallest absolute Gasteiger partial charge is 0.423 e. The molecule has 0 aliphatic heterocycles. The summed E-state index contributed by atoms with van der Waals surface area (Å²) in [6.07, 6.45) is -6.39. The molecule has 0 fully saturated rings. The van der Waals surface area contributed by atoms with E-state index in [0.717, 1.165) is 6.07 Å². The van der Waals surface area contributed by atoms with Crippen LogP contribution in [-0.2, 0) is 15.5 Å². The standard InChI is InChI=1S/C12H14F3N2O7P/c13-12(14,15)7-5-6(1-2-9(7)17(21)22)11(20)25(23,24)4-3-8(16)10(18)19/h1-2,5,8,11,20H,3-4,16H2,(H,18,19)(H,23,24)/t8-,11?/m0/s1. The second-order valence-electron chi connectivity index (χ2n) is 5.12. The van der Waals surface area contributed by atoms with Crippen molar-refractivity contribution in [2.24, 2.45) is 5.73 Å². The van der Waals surface area contributed by atoms with Crippen LogP contribution in [-0.4, -0.2) is 38.2 Å². The van der Waals surface area contributed by atoms with Crippen LogP contribution in [0.5, 0.6) is 0 Å². The number of aliphatic hydroxyl groups is 1. The zero-order valence-electron chi connectivity index (χ0n) is 12.4. The molecule has 140 valence electrons. The lowest BCUT2D eigenvalue weighted by Gasteiger charge is -2.20. The topological polar surface area (TPSA) is 164 Å². The van der Waals surface area contributed by atoms with Gasteiger partial charge in [0.15, 0.2) is 5.85 Å². The van der Waals surface area contributed by atoms with Gasteiger partial charge in [-0.05, 0) is 24.1 Å². The summed E-state index contributed by atoms with van der Waals surface area (Å²) in [5, 5.41) is 29.1. The van der Waals surface area contributed by atoms with Gasteiger partial charge in [0, 0.05) is 12.2 Å². The van der Waals surface area contributed by atoms with Gasteiger partial charge in [0.25, 0.3) is 5.69 Å². The number of nitrogens with two attached hydrogens (primary N) is 1. The van der Waals surface area contributed by atoms with Gasteiger partial charge in [0.05, 0.1) is 4.92 Å². The van der Waals surface area contributed by atoms with E-state index in [1.54, 1.807) is 0 Å². The van der Waals surface area contributed by atoms with Crippen molar-refractivity contribution in [2.45, 2.75) is 24.5 Å². The lowest BCUT2D eigenvalue weighted by molar-refractivity contribution is -0.388. The lowest BCUT2D eigenvalue weighted by atomic mass is 10.1. The van der Waals surface area contributed by atoms with Gasteiger partial charge in [0.1, 0.15) is 11.6 Å². The Morgan fingerprint density at radius 2 is 1.96 bits per heavy atom. The van der Waals surface area contributed by atoms with Crippen LogP contribution < -0.4 is 5.73 Å². The number of aliphatic hydroxyl groups excluding tert-OH is 1. The van der Waals surface area contributed by atoms with Crippen LogP contribution in [0.25, 0.3) is 0 Å². The summed E-state index contributed by atoms with van der Waals surface area (Å²) in [6, 6.07) is -0.0965. The number of hydrogen-bond acceptors (Lipinski definition) is 6. The first-order chi connectivity index (χ1) is 11.3. The number of nitrogens with zero attached hydrogens (tertiary/aromatic N) is 1. The molecule has 1 rings (SSSR count). The molecule has 0 aliphatic rings. The average molecular weight is 386 g/mol. The fourth-order valence-corrected chi connectivity index (χ4v) is 3.42. The summed E-state index contributed by atoms with van der Waals surface area (Å²) in [7, 11) is -4.54. The maximum absolute atomic E-state index is 12.9. The largest absolute Gasteiger partial charge is 0.480 e. The number of benzene rings is 1. The van der Waals surface area contributed by atoms with Crippen molar-refractivity contribution in [2.75, 3.05) is 6.16 Å². The van der Waals surface area contributed by atoms with Crippen molar-refractivity contribution in [3.63, 3.8) is 0 Å². The SMILES string of the molecule is N[C@@H](CCP(=O)(O)C(O)c1ccc([N+](=O)[O-])c(C(F)(F)F)c1)C(=O)O. The lowest BCUT2D eigenvalue weighted by Crippen LogP contribution is -2.31. The number of halogens is 3. The minimum atomic E-state index is -5.12. The Labute approximate surface area is 138 Å². The minimum Gasteiger partial charge on any atom is -0.480 e. The average Bonchev–Trinajstić information content (AvgIpc) is 2.50. The molecular formula is C12H14F3N2O7P. The van der Waals surface area contributed by atoms with Gasteiger partial charge >= 0.3 is 12.1 Å². The van der Waals surface area contributed by atoms with Gasteiger partial charge in [-0.3, -0.25) is 19.5 Å². The molecule has 0 bridgehead atoms. The molecule has 0 spiro atoms. The van der Waals surface area contributed by atoms with E-state index in [1.165, 1.54) is 0 Å². The van der Waals surface area contributed by atoms with Crippen LogP contribution in [0.3, 0.4) is 0 Å². The number of carboxylic acids is 1. The molecule has 5 N–H and O–H groups in total. The molecule has 2 unspecified atom stereocenters. The van der Waals surface area contributed by atoms with Gasteiger partial charge < -0.3 is 20.8 Å². The highest BCUT2D eigenvalue weighted by Gasteiger charge is 2.40. The number of hydrogen-bond donors (Lipinski definition) is 4. The summed E-state index contributed by atoms with van der Waals surface area (Å²) in [6.45, 7) is 0. The molecule has 3 atom stereocenters. The van der Waals surface area contributed by atoms with E-state index in [9.17, 15) is 42.6 Å². The first-order valence-electron chi connectivity index (χ1n) is 6.61. The number of carboxylic acid groups (broad SMARTS) is 1. The van der Waals surface area contributed by atoms with E-state index in [-0.39, 0.29) is 6.07 Å². The van der Waals surface area contributed by atoms with Crippen LogP contribution in [0.2, 0.25) is 0 Å². The molecule has 0 aromatic heterocycles. The highest BCUT2D eigenvalue weighted by atomic mass is 31.2. The molecule has 1 aromatic carbocycles. The van der Waals surface area contributed by atoms with Crippen LogP contribution in [0.4, 0.5) is 18.9 Å². The van der Waals surface area contributed by atoms with E-state index < -0.39 is 65.7 Å². The first-order valence-corrected chi connectivity index (χ1v) is 8.52. The number of aliphatic carboxylic acids is 1. The molecule has 0 radical (unpaired) electrons. The molecule has 0 saturated heterocycles. The van der Waals surface area contributed by atoms with Crippen molar-refractivity contribution in [3.8, 4) is 0 Å². The number of nitro groups is 1. The first kappa shape index (κ1) is 21.0. The number of alkyl halides is 3. The number of rotatable bonds is 7. The molecule has 1 aromatic rings. The Morgan fingerprint density at radius 3 is 2.40 bits per heavy atom. The minimum absolute atomic E-state index is 0.211. The van der Waals surface area contributed by atoms with E-state index in [2.05, 4.69) is 0 Å². The normalized spacial score (nSPS) is 16.7. The molecule has 0 aliphatic carbocycles. The van der Waals surface area contributed by atoms with E-state index in [1.807, 2.05) is 0 Å². The highest BCUT2D eigenvalue weighted by Crippen LogP contribution is 2.55. The van der Waals surface area contributed by atoms with E-state index in [4.69, 9.17) is 10.8 Å². The fourth-order valence-electron chi connectivity index (χ4n) is 1.90. The molecule has 25 heavy (non-hydrogen) atoms. The predicted octanol–water partition coefficient (Wildman–Crippen LogP) is 1.68. The van der Waals surface area contributed by atoms with E-state index in [0.29, 0.717) is 6.07 Å². The summed E-state index contributed by atoms with van der Waals surface area (Å²) in [5.41, 5.74) is 1.54. The van der Waals surface area contributed by atoms with Gasteiger partial charge in [-0.2, -0.15) is 13.2 Å². The third-order valence-corrected chi connectivity index (χ3v) is 5.24. The Kier molecular flexibility index (Phi) is 6.29. The van der Waals surface area contributed by atoms with Gasteiger partial charge in [-0.15, -0.1) is 0 Å². The van der Waals surface area contributed by atoms with Crippen molar-refractivity contribution < 1.29 is 42.6 Å². The zero-order chi connectivity index (χ0) is 19.6. The Balaban J connectivity index is 3.16. The molecular weight excluding hydrogens is 372 g/mol. The summed E-state index contributed by atoms with van der Waals surface area (Å²) < 4.78 is 50.7. The van der Waals surface area contributed by atoms with Crippen LogP contribution in [0, 0.1) is 10.1 Å². The van der Waals surface area contributed by atoms with Gasteiger partial charge in [0.2, 0.25) is 7.37 Å². The molecule has 13 heteroatoms. The molecule has 0 amide bonds. The van der Waals surface area contributed by atoms with Gasteiger partial charge in [-0.25, -0.2) is 0 Å². The Hall–Kier alpha value is -2.01. The maximum atomic E-state index is 12.9. The summed E-state index contributed by atoms with van der Waals surface area (Å²) in [5.74, 6) is -3.74. The summed E-state index contributed by atoms with van der Waals surface area (Å²) >= 11 is 0. The zero-order valence-corrected chi connectivity index (χ0v) is 13.3. The molecule has 0 heterocycles. The van der Waals surface area contributed by atoms with Crippen molar-refractivity contribution in [3.05, 3.63) is 39.4 Å². The van der Waals surface area contributed by atoms with Crippen LogP contribution in [0.15, 0.2) is 18.2 Å². The Morgan fingerprint density at radius 1 is 1.40 bits per heavy atom. The Bertz CT molecular complexity index is 725. The third kappa shape index (κ3) is 5.23. The fraction of sp³-hybridized carbons (Fsp3) is 0.417. The third-order valence-electron chi connectivity index (χ3n) is 3.28. The maximum Gasteiger partial charge on any atom is 0.423 e. The molecule has 9 nitrogen and oxygen atoms in total. The predicted molar refractivity (Wildman–Crippen MR) is 78.0 cm³/mol. The number of nitro benzene ring substituents is 1. The summed E-state index contributed by atoms with van der Waals surface area (Å²) in [4.78, 5) is 29.7. The second-order valence-corrected chi connectivity index (χ2v) is 7.57. The quantitative estimate of drug-likeness (QED) is 0.312. The van der Waals surface area contributed by atoms with E-state index >= 15 is 0 Å².